The SMILES string of the molecule is CCCCC/C=C\C/C=C\CCCCCCCCCCCC(=O)NC(COP(=O)(O)OCC[N+](C)(C)C)C(O)CCCCCCCC. The van der Waals surface area contributed by atoms with Crippen molar-refractivity contribution in [2.45, 2.75) is 174 Å². The fraction of sp³-hybridized carbons (Fsp3) is 0.868. The average molecular weight is 688 g/mol. The molecule has 8 nitrogen and oxygen atoms in total. The number of carbonyl (C=O) groups is 1. The Bertz CT molecular complexity index is 829. The average Bonchev–Trinajstić information content (AvgIpc) is 3.01. The topological polar surface area (TPSA) is 105 Å². The van der Waals surface area contributed by atoms with Crippen molar-refractivity contribution in [2.24, 2.45) is 0 Å². The number of unbranched alkanes of at least 4 members (excludes halogenated alkanes) is 17. The molecule has 0 heterocycles. The van der Waals surface area contributed by atoms with Gasteiger partial charge in [0, 0.05) is 6.42 Å². The minimum Gasteiger partial charge on any atom is -0.391 e. The second-order valence-electron chi connectivity index (χ2n) is 14.3. The minimum absolute atomic E-state index is 0.0732. The van der Waals surface area contributed by atoms with Gasteiger partial charge in [-0.3, -0.25) is 13.8 Å². The molecule has 0 aliphatic heterocycles. The van der Waals surface area contributed by atoms with Gasteiger partial charge in [-0.15, -0.1) is 0 Å². The Hall–Kier alpha value is -1.02. The standard InChI is InChI=1S/C38H75N2O6P/c1-6-8-10-12-14-15-16-17-18-19-20-21-22-23-24-25-26-28-30-32-38(42)39-36(37(41)31-29-27-13-11-9-7-2)35-46-47(43,44)45-34-33-40(3,4)5/h14-15,17-18,36-37,41H,6-13,16,19-35H2,1-5H3,(H-,39,42,43,44)/p+1/b15-14-,18-17-. The van der Waals surface area contributed by atoms with Gasteiger partial charge in [0.1, 0.15) is 13.2 Å². The van der Waals surface area contributed by atoms with Crippen LogP contribution in [0, 0.1) is 0 Å². The van der Waals surface area contributed by atoms with Gasteiger partial charge in [-0.2, -0.15) is 0 Å². The first-order valence-corrected chi connectivity index (χ1v) is 20.7. The van der Waals surface area contributed by atoms with Crippen LogP contribution in [-0.2, 0) is 18.4 Å². The van der Waals surface area contributed by atoms with Crippen molar-refractivity contribution in [3.63, 3.8) is 0 Å². The zero-order chi connectivity index (χ0) is 35.1. The van der Waals surface area contributed by atoms with Crippen LogP contribution >= 0.6 is 7.82 Å². The molecule has 9 heteroatoms. The van der Waals surface area contributed by atoms with Crippen LogP contribution in [0.2, 0.25) is 0 Å². The minimum atomic E-state index is -4.30. The molecule has 0 saturated heterocycles. The number of carbonyl (C=O) groups excluding carboxylic acids is 1. The largest absolute Gasteiger partial charge is 0.472 e. The van der Waals surface area contributed by atoms with Crippen LogP contribution in [-0.4, -0.2) is 73.4 Å². The Kier molecular flexibility index (Phi) is 30.3. The lowest BCUT2D eigenvalue weighted by Gasteiger charge is -2.26. The van der Waals surface area contributed by atoms with Crippen molar-refractivity contribution in [1.29, 1.82) is 0 Å². The molecule has 0 aromatic carbocycles. The molecule has 3 N–H and O–H groups in total. The van der Waals surface area contributed by atoms with Gasteiger partial charge >= 0.3 is 7.82 Å². The van der Waals surface area contributed by atoms with Gasteiger partial charge in [0.15, 0.2) is 0 Å². The van der Waals surface area contributed by atoms with Gasteiger partial charge in [0.25, 0.3) is 0 Å². The first-order chi connectivity index (χ1) is 22.5. The highest BCUT2D eigenvalue weighted by Crippen LogP contribution is 2.43. The molecule has 1 amide bonds. The summed E-state index contributed by atoms with van der Waals surface area (Å²) in [5, 5.41) is 13.7. The lowest BCUT2D eigenvalue weighted by atomic mass is 10.0. The van der Waals surface area contributed by atoms with Crippen LogP contribution in [0.5, 0.6) is 0 Å². The summed E-state index contributed by atoms with van der Waals surface area (Å²) in [5.74, 6) is -0.156. The summed E-state index contributed by atoms with van der Waals surface area (Å²) < 4.78 is 23.4. The predicted octanol–water partition coefficient (Wildman–Crippen LogP) is 9.80. The van der Waals surface area contributed by atoms with E-state index in [1.165, 1.54) is 89.9 Å². The third-order valence-electron chi connectivity index (χ3n) is 8.45. The molecule has 3 atom stereocenters. The quantitative estimate of drug-likeness (QED) is 0.0269. The van der Waals surface area contributed by atoms with E-state index in [4.69, 9.17) is 9.05 Å². The maximum Gasteiger partial charge on any atom is 0.472 e. The number of phosphoric ester groups is 1. The molecule has 0 aliphatic carbocycles. The second kappa shape index (κ2) is 31.0. The monoisotopic (exact) mass is 688 g/mol. The van der Waals surface area contributed by atoms with Gasteiger partial charge < -0.3 is 19.8 Å². The molecule has 0 aromatic heterocycles. The van der Waals surface area contributed by atoms with Crippen LogP contribution in [0.1, 0.15) is 162 Å². The molecule has 0 spiro atoms. The van der Waals surface area contributed by atoms with Gasteiger partial charge in [-0.25, -0.2) is 4.57 Å². The van der Waals surface area contributed by atoms with E-state index in [2.05, 4.69) is 43.5 Å². The molecule has 47 heavy (non-hydrogen) atoms. The summed E-state index contributed by atoms with van der Waals surface area (Å²) in [6.45, 7) is 4.77. The Morgan fingerprint density at radius 1 is 0.723 bits per heavy atom. The van der Waals surface area contributed by atoms with Crippen molar-refractivity contribution in [1.82, 2.24) is 5.32 Å². The van der Waals surface area contributed by atoms with Crippen LogP contribution in [0.4, 0.5) is 0 Å². The molecule has 3 unspecified atom stereocenters. The van der Waals surface area contributed by atoms with E-state index in [-0.39, 0.29) is 19.1 Å². The Morgan fingerprint density at radius 2 is 1.21 bits per heavy atom. The number of phosphoric acid groups is 1. The maximum atomic E-state index is 12.7. The molecule has 0 bridgehead atoms. The Labute approximate surface area is 290 Å². The van der Waals surface area contributed by atoms with Gasteiger partial charge in [-0.05, 0) is 44.9 Å². The van der Waals surface area contributed by atoms with Crippen LogP contribution in [0.3, 0.4) is 0 Å². The summed E-state index contributed by atoms with van der Waals surface area (Å²) in [5.41, 5.74) is 0. The molecule has 0 saturated carbocycles. The number of aliphatic hydroxyl groups is 1. The molecule has 0 radical (unpaired) electrons. The van der Waals surface area contributed by atoms with Crippen molar-refractivity contribution >= 4 is 13.7 Å². The maximum absolute atomic E-state index is 12.7. The zero-order valence-corrected chi connectivity index (χ0v) is 32.2. The normalized spacial score (nSPS) is 15.0. The number of rotatable bonds is 34. The number of hydrogen-bond acceptors (Lipinski definition) is 5. The van der Waals surface area contributed by atoms with Crippen molar-refractivity contribution in [2.75, 3.05) is 40.9 Å². The highest BCUT2D eigenvalue weighted by atomic mass is 31.2. The molecule has 0 rings (SSSR count). The van der Waals surface area contributed by atoms with E-state index in [1.54, 1.807) is 0 Å². The lowest BCUT2D eigenvalue weighted by molar-refractivity contribution is -0.870. The fourth-order valence-electron chi connectivity index (χ4n) is 5.31. The Balaban J connectivity index is 4.24. The third-order valence-corrected chi connectivity index (χ3v) is 9.44. The molecule has 278 valence electrons. The number of amides is 1. The van der Waals surface area contributed by atoms with E-state index in [0.717, 1.165) is 44.9 Å². The number of quaternary nitrogens is 1. The third kappa shape index (κ3) is 33.3. The number of aliphatic hydroxyl groups excluding tert-OH is 1. The van der Waals surface area contributed by atoms with Crippen molar-refractivity contribution < 1.29 is 32.9 Å². The van der Waals surface area contributed by atoms with E-state index >= 15 is 0 Å². The van der Waals surface area contributed by atoms with Gasteiger partial charge in [-0.1, -0.05) is 134 Å². The van der Waals surface area contributed by atoms with Gasteiger partial charge in [0.2, 0.25) is 5.91 Å². The van der Waals surface area contributed by atoms with Crippen LogP contribution in [0.25, 0.3) is 0 Å². The molecule has 0 aromatic rings. The number of nitrogens with one attached hydrogen (secondary N) is 1. The van der Waals surface area contributed by atoms with Crippen molar-refractivity contribution in [3.05, 3.63) is 24.3 Å². The summed E-state index contributed by atoms with van der Waals surface area (Å²) in [4.78, 5) is 22.9. The highest BCUT2D eigenvalue weighted by Gasteiger charge is 2.28. The number of nitrogens with zero attached hydrogens (tertiary/aromatic N) is 1. The van der Waals surface area contributed by atoms with Crippen molar-refractivity contribution in [3.8, 4) is 0 Å². The molecule has 0 aliphatic rings. The van der Waals surface area contributed by atoms with Crippen LogP contribution < -0.4 is 5.32 Å². The van der Waals surface area contributed by atoms with E-state index in [9.17, 15) is 19.4 Å². The number of likely N-dealkylation sites (N-methyl/N-ethyl adjacent to an activating group) is 1. The van der Waals surface area contributed by atoms with E-state index < -0.39 is 20.0 Å². The zero-order valence-electron chi connectivity index (χ0n) is 31.3. The smallest absolute Gasteiger partial charge is 0.391 e. The number of hydrogen-bond donors (Lipinski definition) is 3. The first-order valence-electron chi connectivity index (χ1n) is 19.2. The summed E-state index contributed by atoms with van der Waals surface area (Å²) in [7, 11) is 1.61. The van der Waals surface area contributed by atoms with Crippen LogP contribution in [0.15, 0.2) is 24.3 Å². The van der Waals surface area contributed by atoms with Gasteiger partial charge in [0.05, 0.1) is 39.9 Å². The predicted molar refractivity (Wildman–Crippen MR) is 198 cm³/mol. The molecular formula is C38H76N2O6P+. The summed E-state index contributed by atoms with van der Waals surface area (Å²) in [6.07, 6.45) is 33.6. The first kappa shape index (κ1) is 46.0. The Morgan fingerprint density at radius 3 is 1.79 bits per heavy atom. The highest BCUT2D eigenvalue weighted by molar-refractivity contribution is 7.47. The van der Waals surface area contributed by atoms with E-state index in [1.807, 2.05) is 21.1 Å². The number of allylic oxidation sites excluding steroid dienone is 4. The fourth-order valence-corrected chi connectivity index (χ4v) is 6.04. The van der Waals surface area contributed by atoms with E-state index in [0.29, 0.717) is 23.9 Å². The molecule has 0 fully saturated rings. The summed E-state index contributed by atoms with van der Waals surface area (Å²) in [6, 6.07) is -0.756. The molecular weight excluding hydrogens is 611 g/mol. The second-order valence-corrected chi connectivity index (χ2v) is 15.8. The summed E-state index contributed by atoms with van der Waals surface area (Å²) >= 11 is 0. The lowest BCUT2D eigenvalue weighted by Crippen LogP contribution is -2.46.